The van der Waals surface area contributed by atoms with Crippen molar-refractivity contribution in [2.45, 2.75) is 38.1 Å². The lowest BCUT2D eigenvalue weighted by Gasteiger charge is -2.11. The molecule has 2 N–H and O–H groups in total. The van der Waals surface area contributed by atoms with Gasteiger partial charge in [-0.1, -0.05) is 12.8 Å². The van der Waals surface area contributed by atoms with Crippen molar-refractivity contribution in [1.29, 1.82) is 0 Å². The van der Waals surface area contributed by atoms with Crippen LogP contribution in [-0.2, 0) is 4.79 Å². The number of carbonyl (C=O) groups excluding carboxylic acids is 2. The largest absolute Gasteiger partial charge is 0.335 e. The van der Waals surface area contributed by atoms with Crippen LogP contribution in [0, 0.1) is 0 Å². The molecule has 0 unspecified atom stereocenters. The van der Waals surface area contributed by atoms with Crippen molar-refractivity contribution in [3.05, 3.63) is 0 Å². The van der Waals surface area contributed by atoms with E-state index in [2.05, 4.69) is 10.6 Å². The molecule has 0 atom stereocenters. The molecule has 0 spiro atoms. The van der Waals surface area contributed by atoms with Gasteiger partial charge in [0.25, 0.3) is 0 Å². The Morgan fingerprint density at radius 1 is 1.29 bits per heavy atom. The zero-order chi connectivity index (χ0) is 10.4. The monoisotopic (exact) mass is 218 g/mol. The fraction of sp³-hybridized carbons (Fsp3) is 0.778. The van der Waals surface area contributed by atoms with E-state index in [0.29, 0.717) is 0 Å². The number of rotatable bonds is 3. The van der Waals surface area contributed by atoms with E-state index in [1.54, 1.807) is 0 Å². The fourth-order valence-corrected chi connectivity index (χ4v) is 1.74. The lowest BCUT2D eigenvalue weighted by atomic mass is 10.2. The third kappa shape index (κ3) is 3.96. The molecular formula is C9H15ClN2O2. The van der Waals surface area contributed by atoms with Crippen molar-refractivity contribution in [3.63, 3.8) is 0 Å². The molecule has 0 aliphatic heterocycles. The van der Waals surface area contributed by atoms with Crippen molar-refractivity contribution in [1.82, 2.24) is 10.6 Å². The highest BCUT2D eigenvalue weighted by molar-refractivity contribution is 6.19. The first-order valence-electron chi connectivity index (χ1n) is 4.88. The molecule has 0 heterocycles. The molecule has 0 bridgehead atoms. The normalized spacial score (nSPS) is 16.6. The summed E-state index contributed by atoms with van der Waals surface area (Å²) in [6, 6.07) is -0.161. The number of carbonyl (C=O) groups is 2. The predicted molar refractivity (Wildman–Crippen MR) is 54.3 cm³/mol. The van der Waals surface area contributed by atoms with Crippen molar-refractivity contribution >= 4 is 23.5 Å². The van der Waals surface area contributed by atoms with Gasteiger partial charge in [0.2, 0.25) is 5.91 Å². The zero-order valence-corrected chi connectivity index (χ0v) is 8.77. The van der Waals surface area contributed by atoms with Crippen LogP contribution in [0.2, 0.25) is 0 Å². The van der Waals surface area contributed by atoms with Crippen LogP contribution in [0.15, 0.2) is 0 Å². The van der Waals surface area contributed by atoms with Crippen LogP contribution in [0.25, 0.3) is 0 Å². The summed E-state index contributed by atoms with van der Waals surface area (Å²) in [5.74, 6) is -0.0850. The van der Waals surface area contributed by atoms with E-state index < -0.39 is 6.03 Å². The smallest absolute Gasteiger partial charge is 0.321 e. The molecule has 5 heteroatoms. The number of nitrogens with one attached hydrogen (secondary N) is 2. The minimum absolute atomic E-state index is 0.180. The van der Waals surface area contributed by atoms with Gasteiger partial charge in [-0.2, -0.15) is 0 Å². The van der Waals surface area contributed by atoms with Crippen molar-refractivity contribution in [2.75, 3.05) is 5.88 Å². The average molecular weight is 219 g/mol. The number of hydrogen-bond acceptors (Lipinski definition) is 2. The molecule has 3 amide bonds. The van der Waals surface area contributed by atoms with Crippen LogP contribution in [0.4, 0.5) is 4.79 Å². The Morgan fingerprint density at radius 3 is 2.50 bits per heavy atom. The van der Waals surface area contributed by atoms with Crippen molar-refractivity contribution < 1.29 is 9.59 Å². The van der Waals surface area contributed by atoms with Gasteiger partial charge in [0.15, 0.2) is 0 Å². The second-order valence-electron chi connectivity index (χ2n) is 3.44. The highest BCUT2D eigenvalue weighted by atomic mass is 35.5. The molecule has 1 saturated carbocycles. The van der Waals surface area contributed by atoms with Crippen molar-refractivity contribution in [3.8, 4) is 0 Å². The molecule has 0 aromatic rings. The minimum atomic E-state index is -0.396. The zero-order valence-electron chi connectivity index (χ0n) is 8.01. The Morgan fingerprint density at radius 2 is 1.93 bits per heavy atom. The Hall–Kier alpha value is -0.770. The molecule has 1 fully saturated rings. The van der Waals surface area contributed by atoms with Gasteiger partial charge in [0.05, 0.1) is 0 Å². The molecule has 14 heavy (non-hydrogen) atoms. The maximum absolute atomic E-state index is 11.2. The van der Waals surface area contributed by atoms with Crippen LogP contribution in [-0.4, -0.2) is 23.9 Å². The molecule has 1 rings (SSSR count). The topological polar surface area (TPSA) is 58.2 Å². The number of hydrogen-bond donors (Lipinski definition) is 2. The first-order chi connectivity index (χ1) is 6.72. The molecule has 1 aliphatic carbocycles. The molecular weight excluding hydrogens is 204 g/mol. The standard InChI is InChI=1S/C9H15ClN2O2/c10-6-5-8(13)12-9(14)11-7-3-1-2-4-7/h7H,1-6H2,(H2,11,12,13,14). The van der Waals surface area contributed by atoms with Crippen LogP contribution < -0.4 is 10.6 Å². The molecule has 0 saturated heterocycles. The summed E-state index contributed by atoms with van der Waals surface area (Å²) < 4.78 is 0. The van der Waals surface area contributed by atoms with E-state index in [9.17, 15) is 9.59 Å². The maximum atomic E-state index is 11.2. The second kappa shape index (κ2) is 5.86. The number of alkyl halides is 1. The minimum Gasteiger partial charge on any atom is -0.335 e. The summed E-state index contributed by atoms with van der Waals surface area (Å²) in [4.78, 5) is 22.2. The van der Waals surface area contributed by atoms with Crippen LogP contribution in [0.5, 0.6) is 0 Å². The van der Waals surface area contributed by atoms with Crippen molar-refractivity contribution in [2.24, 2.45) is 0 Å². The summed E-state index contributed by atoms with van der Waals surface area (Å²) in [6.07, 6.45) is 4.51. The maximum Gasteiger partial charge on any atom is 0.321 e. The molecule has 4 nitrogen and oxygen atoms in total. The molecule has 80 valence electrons. The number of amides is 3. The van der Waals surface area contributed by atoms with Crippen LogP contribution in [0.3, 0.4) is 0 Å². The summed E-state index contributed by atoms with van der Waals surface area (Å²) in [6.45, 7) is 0. The summed E-state index contributed by atoms with van der Waals surface area (Å²) in [5, 5.41) is 4.99. The Kier molecular flexibility index (Phi) is 4.73. The predicted octanol–water partition coefficient (Wildman–Crippen LogP) is 1.38. The van der Waals surface area contributed by atoms with Gasteiger partial charge in [0, 0.05) is 18.3 Å². The summed E-state index contributed by atoms with van der Waals surface area (Å²) >= 11 is 5.36. The third-order valence-electron chi connectivity index (χ3n) is 2.26. The third-order valence-corrected chi connectivity index (χ3v) is 2.45. The number of imide groups is 1. The SMILES string of the molecule is O=C(CCCl)NC(=O)NC1CCCC1. The van der Waals surface area contributed by atoms with Gasteiger partial charge >= 0.3 is 6.03 Å². The Balaban J connectivity index is 2.17. The van der Waals surface area contributed by atoms with E-state index in [-0.39, 0.29) is 24.2 Å². The first kappa shape index (κ1) is 11.3. The summed E-state index contributed by atoms with van der Waals surface area (Å²) in [7, 11) is 0. The number of halogens is 1. The highest BCUT2D eigenvalue weighted by Crippen LogP contribution is 2.17. The van der Waals surface area contributed by atoms with Gasteiger partial charge in [-0.25, -0.2) is 4.79 Å². The fourth-order valence-electron chi connectivity index (χ4n) is 1.57. The Bertz CT molecular complexity index is 215. The van der Waals surface area contributed by atoms with Gasteiger partial charge in [-0.05, 0) is 12.8 Å². The number of urea groups is 1. The second-order valence-corrected chi connectivity index (χ2v) is 3.82. The summed E-state index contributed by atoms with van der Waals surface area (Å²) in [5.41, 5.74) is 0. The van der Waals surface area contributed by atoms with Crippen LogP contribution in [0.1, 0.15) is 32.1 Å². The van der Waals surface area contributed by atoms with E-state index in [1.165, 1.54) is 0 Å². The molecule has 1 aliphatic rings. The van der Waals surface area contributed by atoms with E-state index in [4.69, 9.17) is 11.6 Å². The molecule has 0 aromatic carbocycles. The van der Waals surface area contributed by atoms with Gasteiger partial charge in [-0.15, -0.1) is 11.6 Å². The van der Waals surface area contributed by atoms with E-state index in [1.807, 2.05) is 0 Å². The lowest BCUT2D eigenvalue weighted by Crippen LogP contribution is -2.43. The Labute approximate surface area is 88.4 Å². The van der Waals surface area contributed by atoms with E-state index >= 15 is 0 Å². The quantitative estimate of drug-likeness (QED) is 0.704. The van der Waals surface area contributed by atoms with Crippen LogP contribution >= 0.6 is 11.6 Å². The molecule has 0 radical (unpaired) electrons. The van der Waals surface area contributed by atoms with Gasteiger partial charge < -0.3 is 5.32 Å². The van der Waals surface area contributed by atoms with Gasteiger partial charge in [-0.3, -0.25) is 10.1 Å². The molecule has 0 aromatic heterocycles. The average Bonchev–Trinajstić information content (AvgIpc) is 2.56. The van der Waals surface area contributed by atoms with Gasteiger partial charge in [0.1, 0.15) is 0 Å². The van der Waals surface area contributed by atoms with E-state index in [0.717, 1.165) is 25.7 Å². The first-order valence-corrected chi connectivity index (χ1v) is 5.42. The lowest BCUT2D eigenvalue weighted by molar-refractivity contribution is -0.119. The highest BCUT2D eigenvalue weighted by Gasteiger charge is 2.17.